The lowest BCUT2D eigenvalue weighted by atomic mass is 10.2. The monoisotopic (exact) mass is 290 g/mol. The summed E-state index contributed by atoms with van der Waals surface area (Å²) in [5.74, 6) is 0.280. The number of ether oxygens (including phenoxy) is 2. The topological polar surface area (TPSA) is 92.3 Å². The molecule has 0 bridgehead atoms. The van der Waals surface area contributed by atoms with Gasteiger partial charge in [-0.1, -0.05) is 17.3 Å². The molecule has 0 atom stereocenters. The van der Waals surface area contributed by atoms with Gasteiger partial charge < -0.3 is 15.2 Å². The van der Waals surface area contributed by atoms with Gasteiger partial charge in [0.25, 0.3) is 0 Å². The zero-order valence-corrected chi connectivity index (χ0v) is 12.1. The Morgan fingerprint density at radius 2 is 2.05 bits per heavy atom. The fourth-order valence-corrected chi connectivity index (χ4v) is 1.92. The number of rotatable bonds is 6. The maximum Gasteiger partial charge on any atom is 0.360 e. The van der Waals surface area contributed by atoms with Crippen molar-refractivity contribution in [2.75, 3.05) is 13.7 Å². The minimum atomic E-state index is -0.501. The van der Waals surface area contributed by atoms with Crippen LogP contribution in [0.4, 0.5) is 0 Å². The molecule has 2 aromatic rings. The molecule has 0 aliphatic carbocycles. The summed E-state index contributed by atoms with van der Waals surface area (Å²) >= 11 is 0. The predicted molar refractivity (Wildman–Crippen MR) is 76.0 cm³/mol. The van der Waals surface area contributed by atoms with E-state index in [1.54, 1.807) is 18.7 Å². The van der Waals surface area contributed by atoms with Crippen molar-refractivity contribution in [1.82, 2.24) is 15.0 Å². The molecule has 7 nitrogen and oxygen atoms in total. The van der Waals surface area contributed by atoms with E-state index in [9.17, 15) is 4.79 Å². The normalized spacial score (nSPS) is 10.4. The van der Waals surface area contributed by atoms with Gasteiger partial charge in [0, 0.05) is 6.54 Å². The number of benzene rings is 1. The van der Waals surface area contributed by atoms with E-state index in [2.05, 4.69) is 10.3 Å². The first kappa shape index (κ1) is 15.0. The molecule has 0 radical (unpaired) electrons. The van der Waals surface area contributed by atoms with E-state index in [4.69, 9.17) is 15.2 Å². The van der Waals surface area contributed by atoms with Gasteiger partial charge in [-0.15, -0.1) is 5.10 Å². The van der Waals surface area contributed by atoms with Crippen LogP contribution in [0, 0.1) is 0 Å². The van der Waals surface area contributed by atoms with E-state index < -0.39 is 5.97 Å². The number of methoxy groups -OCH3 is 1. The van der Waals surface area contributed by atoms with Gasteiger partial charge in [0.15, 0.2) is 5.69 Å². The van der Waals surface area contributed by atoms with Gasteiger partial charge in [-0.05, 0) is 24.6 Å². The van der Waals surface area contributed by atoms with Crippen LogP contribution in [0.25, 0.3) is 0 Å². The molecule has 1 aromatic carbocycles. The Morgan fingerprint density at radius 1 is 1.33 bits per heavy atom. The van der Waals surface area contributed by atoms with E-state index in [-0.39, 0.29) is 18.8 Å². The molecule has 0 amide bonds. The summed E-state index contributed by atoms with van der Waals surface area (Å²) in [6, 6.07) is 7.57. The summed E-state index contributed by atoms with van der Waals surface area (Å²) in [6.07, 6.45) is 0. The molecule has 0 saturated carbocycles. The SMILES string of the molecule is CCOC(=O)c1nnn(Cc2ccc(OC)cc2)c1CN. The summed E-state index contributed by atoms with van der Waals surface area (Å²) in [7, 11) is 1.62. The van der Waals surface area contributed by atoms with Crippen LogP contribution in [0.1, 0.15) is 28.7 Å². The molecule has 0 saturated heterocycles. The van der Waals surface area contributed by atoms with Crippen LogP contribution in [-0.4, -0.2) is 34.7 Å². The van der Waals surface area contributed by atoms with Gasteiger partial charge in [-0.3, -0.25) is 0 Å². The lowest BCUT2D eigenvalue weighted by molar-refractivity contribution is 0.0518. The number of nitrogens with two attached hydrogens (primary N) is 1. The van der Waals surface area contributed by atoms with Crippen LogP contribution in [0.15, 0.2) is 24.3 Å². The van der Waals surface area contributed by atoms with Crippen molar-refractivity contribution >= 4 is 5.97 Å². The highest BCUT2D eigenvalue weighted by Crippen LogP contribution is 2.14. The first-order valence-corrected chi connectivity index (χ1v) is 6.62. The van der Waals surface area contributed by atoms with E-state index in [1.165, 1.54) is 0 Å². The third-order valence-electron chi connectivity index (χ3n) is 2.99. The summed E-state index contributed by atoms with van der Waals surface area (Å²) in [5, 5.41) is 7.85. The van der Waals surface area contributed by atoms with Gasteiger partial charge in [0.05, 0.1) is 26.0 Å². The van der Waals surface area contributed by atoms with Crippen molar-refractivity contribution in [2.24, 2.45) is 5.73 Å². The highest BCUT2D eigenvalue weighted by molar-refractivity contribution is 5.88. The third-order valence-corrected chi connectivity index (χ3v) is 2.99. The molecule has 0 spiro atoms. The molecule has 0 aliphatic heterocycles. The van der Waals surface area contributed by atoms with Crippen LogP contribution < -0.4 is 10.5 Å². The predicted octanol–water partition coefficient (Wildman–Crippen LogP) is 0.970. The molecule has 2 rings (SSSR count). The van der Waals surface area contributed by atoms with Crippen LogP contribution >= 0.6 is 0 Å². The minimum Gasteiger partial charge on any atom is -0.497 e. The molecule has 0 fully saturated rings. The second kappa shape index (κ2) is 6.85. The summed E-state index contributed by atoms with van der Waals surface area (Å²) < 4.78 is 11.7. The second-order valence-corrected chi connectivity index (χ2v) is 4.32. The lowest BCUT2D eigenvalue weighted by Gasteiger charge is -2.07. The van der Waals surface area contributed by atoms with Crippen molar-refractivity contribution in [2.45, 2.75) is 20.0 Å². The Kier molecular flexibility index (Phi) is 4.89. The highest BCUT2D eigenvalue weighted by atomic mass is 16.5. The molecular weight excluding hydrogens is 272 g/mol. The second-order valence-electron chi connectivity index (χ2n) is 4.32. The molecule has 0 aliphatic rings. The maximum absolute atomic E-state index is 11.8. The Bertz CT molecular complexity index is 607. The van der Waals surface area contributed by atoms with Gasteiger partial charge in [-0.25, -0.2) is 9.48 Å². The Hall–Kier alpha value is -2.41. The van der Waals surface area contributed by atoms with Crippen LogP contribution in [0.3, 0.4) is 0 Å². The molecule has 0 unspecified atom stereocenters. The van der Waals surface area contributed by atoms with E-state index in [1.807, 2.05) is 24.3 Å². The van der Waals surface area contributed by atoms with Crippen molar-refractivity contribution in [3.63, 3.8) is 0 Å². The van der Waals surface area contributed by atoms with Crippen molar-refractivity contribution in [3.8, 4) is 5.75 Å². The quantitative estimate of drug-likeness (QED) is 0.797. The number of hydrogen-bond acceptors (Lipinski definition) is 6. The first-order chi connectivity index (χ1) is 10.2. The summed E-state index contributed by atoms with van der Waals surface area (Å²) in [6.45, 7) is 2.66. The molecular formula is C14H18N4O3. The molecule has 7 heteroatoms. The fourth-order valence-electron chi connectivity index (χ4n) is 1.92. The smallest absolute Gasteiger partial charge is 0.360 e. The summed E-state index contributed by atoms with van der Waals surface area (Å²) in [5.41, 5.74) is 7.44. The molecule has 1 heterocycles. The van der Waals surface area contributed by atoms with Crippen LogP contribution in [0.2, 0.25) is 0 Å². The highest BCUT2D eigenvalue weighted by Gasteiger charge is 2.19. The number of esters is 1. The Morgan fingerprint density at radius 3 is 2.62 bits per heavy atom. The number of aromatic nitrogens is 3. The summed E-state index contributed by atoms with van der Waals surface area (Å²) in [4.78, 5) is 11.8. The zero-order valence-electron chi connectivity index (χ0n) is 12.1. The van der Waals surface area contributed by atoms with E-state index in [0.717, 1.165) is 11.3 Å². The van der Waals surface area contributed by atoms with Gasteiger partial charge in [-0.2, -0.15) is 0 Å². The number of hydrogen-bond donors (Lipinski definition) is 1. The number of nitrogens with zero attached hydrogens (tertiary/aromatic N) is 3. The molecule has 2 N–H and O–H groups in total. The standard InChI is InChI=1S/C14H18N4O3/c1-3-21-14(19)13-12(8-15)18(17-16-13)9-10-4-6-11(20-2)7-5-10/h4-7H,3,8-9,15H2,1-2H3. The fraction of sp³-hybridized carbons (Fsp3) is 0.357. The van der Waals surface area contributed by atoms with Gasteiger partial charge in [0.1, 0.15) is 5.75 Å². The average Bonchev–Trinajstić information content (AvgIpc) is 2.91. The molecule has 21 heavy (non-hydrogen) atoms. The Labute approximate surface area is 122 Å². The third kappa shape index (κ3) is 3.38. The minimum absolute atomic E-state index is 0.164. The molecule has 1 aromatic heterocycles. The number of carbonyl (C=O) groups is 1. The van der Waals surface area contributed by atoms with Gasteiger partial charge >= 0.3 is 5.97 Å². The van der Waals surface area contributed by atoms with Crippen LogP contribution in [-0.2, 0) is 17.8 Å². The van der Waals surface area contributed by atoms with Gasteiger partial charge in [0.2, 0.25) is 0 Å². The maximum atomic E-state index is 11.8. The molecule has 112 valence electrons. The average molecular weight is 290 g/mol. The van der Waals surface area contributed by atoms with Crippen molar-refractivity contribution < 1.29 is 14.3 Å². The van der Waals surface area contributed by atoms with E-state index >= 15 is 0 Å². The first-order valence-electron chi connectivity index (χ1n) is 6.62. The Balaban J connectivity index is 2.21. The van der Waals surface area contributed by atoms with E-state index in [0.29, 0.717) is 12.2 Å². The largest absolute Gasteiger partial charge is 0.497 e. The van der Waals surface area contributed by atoms with Crippen molar-refractivity contribution in [1.29, 1.82) is 0 Å². The van der Waals surface area contributed by atoms with Crippen LogP contribution in [0.5, 0.6) is 5.75 Å². The zero-order chi connectivity index (χ0) is 15.2. The lowest BCUT2D eigenvalue weighted by Crippen LogP contribution is -2.14. The van der Waals surface area contributed by atoms with Crippen molar-refractivity contribution in [3.05, 3.63) is 41.2 Å². The number of carbonyl (C=O) groups excluding carboxylic acids is 1.